The first-order chi connectivity index (χ1) is 13.2. The third kappa shape index (κ3) is 4.96. The molecule has 0 spiro atoms. The second-order valence-electron chi connectivity index (χ2n) is 7.19. The van der Waals surface area contributed by atoms with Gasteiger partial charge in [-0.25, -0.2) is 4.98 Å². The molecule has 2 aromatic rings. The van der Waals surface area contributed by atoms with Gasteiger partial charge in [-0.3, -0.25) is 14.6 Å². The van der Waals surface area contributed by atoms with Crippen molar-refractivity contribution >= 4 is 23.2 Å². The molecule has 0 aromatic carbocycles. The van der Waals surface area contributed by atoms with E-state index in [-0.39, 0.29) is 18.4 Å². The van der Waals surface area contributed by atoms with Gasteiger partial charge in [-0.1, -0.05) is 12.8 Å². The molecule has 1 atom stereocenters. The number of carbonyl (C=O) groups is 2. The molecular weight excluding hydrogens is 372 g/mol. The van der Waals surface area contributed by atoms with E-state index in [1.165, 1.54) is 16.2 Å². The second-order valence-corrected chi connectivity index (χ2v) is 8.40. The van der Waals surface area contributed by atoms with E-state index >= 15 is 0 Å². The number of pyridine rings is 1. The van der Waals surface area contributed by atoms with E-state index in [0.717, 1.165) is 11.4 Å². The van der Waals surface area contributed by atoms with Crippen LogP contribution in [0.5, 0.6) is 0 Å². The summed E-state index contributed by atoms with van der Waals surface area (Å²) in [6, 6.07) is 2.59. The number of nitrogens with zero attached hydrogens (tertiary/aromatic N) is 3. The van der Waals surface area contributed by atoms with Crippen molar-refractivity contribution in [3.63, 3.8) is 0 Å². The first-order valence-corrected chi connectivity index (χ1v) is 9.92. The Morgan fingerprint density at radius 3 is 2.46 bits per heavy atom. The smallest absolute Gasteiger partial charge is 0.267 e. The van der Waals surface area contributed by atoms with Gasteiger partial charge in [-0.05, 0) is 51.8 Å². The van der Waals surface area contributed by atoms with E-state index in [0.29, 0.717) is 16.1 Å². The van der Waals surface area contributed by atoms with Gasteiger partial charge in [0, 0.05) is 17.9 Å². The fraction of sp³-hybridized carbons (Fsp3) is 0.429. The van der Waals surface area contributed by atoms with E-state index in [1.807, 2.05) is 27.7 Å². The molecule has 0 aliphatic carbocycles. The summed E-state index contributed by atoms with van der Waals surface area (Å²) in [5.41, 5.74) is 0.878. The van der Waals surface area contributed by atoms with Crippen molar-refractivity contribution in [3.8, 4) is 12.3 Å². The van der Waals surface area contributed by atoms with Crippen molar-refractivity contribution in [2.24, 2.45) is 0 Å². The van der Waals surface area contributed by atoms with E-state index < -0.39 is 11.6 Å². The van der Waals surface area contributed by atoms with Gasteiger partial charge in [0.15, 0.2) is 0 Å². The zero-order valence-corrected chi connectivity index (χ0v) is 17.8. The van der Waals surface area contributed by atoms with Gasteiger partial charge in [0.25, 0.3) is 5.91 Å². The predicted molar refractivity (Wildman–Crippen MR) is 111 cm³/mol. The lowest BCUT2D eigenvalue weighted by Crippen LogP contribution is -2.50. The summed E-state index contributed by atoms with van der Waals surface area (Å²) in [5, 5.41) is 3.83. The summed E-state index contributed by atoms with van der Waals surface area (Å²) in [5.74, 6) is 1.94. The molecule has 0 aliphatic rings. The third-order valence-electron chi connectivity index (χ3n) is 4.55. The maximum atomic E-state index is 13.3. The van der Waals surface area contributed by atoms with Crippen molar-refractivity contribution in [3.05, 3.63) is 45.7 Å². The van der Waals surface area contributed by atoms with Gasteiger partial charge in [0.05, 0.1) is 17.2 Å². The maximum Gasteiger partial charge on any atom is 0.267 e. The van der Waals surface area contributed by atoms with Crippen LogP contribution in [0.4, 0.5) is 0 Å². The lowest BCUT2D eigenvalue weighted by molar-refractivity contribution is -0.127. The van der Waals surface area contributed by atoms with Crippen LogP contribution in [0.1, 0.15) is 59.2 Å². The van der Waals surface area contributed by atoms with Crippen molar-refractivity contribution in [2.75, 3.05) is 6.54 Å². The number of aromatic nitrogens is 2. The Bertz CT molecular complexity index is 884. The number of aryl methyl sites for hydroxylation is 2. The number of amides is 2. The SMILES string of the molecule is C#CCN(C(=O)c1sc(C)nc1C)[C@H](C(=O)NC(C)(C)CC)c1ccncc1. The number of hydrogen-bond acceptors (Lipinski definition) is 5. The highest BCUT2D eigenvalue weighted by Crippen LogP contribution is 2.27. The molecule has 0 aliphatic heterocycles. The molecule has 7 heteroatoms. The van der Waals surface area contributed by atoms with Crippen molar-refractivity contribution in [2.45, 2.75) is 52.6 Å². The molecule has 1 N–H and O–H groups in total. The van der Waals surface area contributed by atoms with Gasteiger partial charge in [-0.15, -0.1) is 17.8 Å². The van der Waals surface area contributed by atoms with E-state index in [1.54, 1.807) is 31.5 Å². The Morgan fingerprint density at radius 1 is 1.32 bits per heavy atom. The van der Waals surface area contributed by atoms with Crippen molar-refractivity contribution in [1.29, 1.82) is 0 Å². The third-order valence-corrected chi connectivity index (χ3v) is 5.61. The zero-order valence-electron chi connectivity index (χ0n) is 16.9. The molecule has 2 rings (SSSR count). The first-order valence-electron chi connectivity index (χ1n) is 9.10. The summed E-state index contributed by atoms with van der Waals surface area (Å²) in [4.78, 5) is 36.9. The standard InChI is InChI=1S/C21H26N4O2S/c1-7-13-25(20(27)18-14(3)23-15(4)28-18)17(16-9-11-22-12-10-16)19(26)24-21(5,6)8-2/h1,9-12,17H,8,13H2,2-6H3,(H,24,26)/t17-/m0/s1. The lowest BCUT2D eigenvalue weighted by atomic mass is 9.99. The lowest BCUT2D eigenvalue weighted by Gasteiger charge is -2.33. The number of nitrogens with one attached hydrogen (secondary N) is 1. The normalized spacial score (nSPS) is 12.1. The molecule has 2 aromatic heterocycles. The van der Waals surface area contributed by atoms with Crippen molar-refractivity contribution in [1.82, 2.24) is 20.2 Å². The molecule has 0 fully saturated rings. The fourth-order valence-corrected chi connectivity index (χ4v) is 3.62. The Kier molecular flexibility index (Phi) is 6.92. The molecule has 28 heavy (non-hydrogen) atoms. The molecular formula is C21H26N4O2S. The summed E-state index contributed by atoms with van der Waals surface area (Å²) in [6.07, 6.45) is 9.50. The molecule has 0 saturated heterocycles. The number of rotatable bonds is 7. The van der Waals surface area contributed by atoms with E-state index in [9.17, 15) is 9.59 Å². The van der Waals surface area contributed by atoms with Crippen LogP contribution in [-0.2, 0) is 4.79 Å². The highest BCUT2D eigenvalue weighted by Gasteiger charge is 2.35. The number of terminal acetylenes is 1. The second kappa shape index (κ2) is 8.98. The van der Waals surface area contributed by atoms with Gasteiger partial charge in [0.1, 0.15) is 10.9 Å². The first kappa shape index (κ1) is 21.6. The summed E-state index contributed by atoms with van der Waals surface area (Å²) in [6.45, 7) is 9.51. The van der Waals surface area contributed by atoms with E-state index in [4.69, 9.17) is 6.42 Å². The van der Waals surface area contributed by atoms with Crippen LogP contribution in [0.25, 0.3) is 0 Å². The fourth-order valence-electron chi connectivity index (χ4n) is 2.75. The summed E-state index contributed by atoms with van der Waals surface area (Å²) < 4.78 is 0. The minimum Gasteiger partial charge on any atom is -0.349 e. The monoisotopic (exact) mass is 398 g/mol. The highest BCUT2D eigenvalue weighted by atomic mass is 32.1. The quantitative estimate of drug-likeness (QED) is 0.727. The Morgan fingerprint density at radius 2 is 1.96 bits per heavy atom. The molecule has 2 heterocycles. The van der Waals surface area contributed by atoms with Crippen LogP contribution in [0.3, 0.4) is 0 Å². The number of thiazole rings is 1. The minimum atomic E-state index is -0.862. The van der Waals surface area contributed by atoms with Crippen LogP contribution < -0.4 is 5.32 Å². The number of carbonyl (C=O) groups excluding carboxylic acids is 2. The maximum absolute atomic E-state index is 13.3. The van der Waals surface area contributed by atoms with Gasteiger partial charge >= 0.3 is 0 Å². The average molecular weight is 399 g/mol. The van der Waals surface area contributed by atoms with E-state index in [2.05, 4.69) is 21.2 Å². The van der Waals surface area contributed by atoms with Gasteiger partial charge in [0.2, 0.25) is 5.91 Å². The molecule has 0 unspecified atom stereocenters. The average Bonchev–Trinajstić information content (AvgIpc) is 2.99. The van der Waals surface area contributed by atoms with Crippen LogP contribution in [0, 0.1) is 26.2 Å². The molecule has 2 amide bonds. The van der Waals surface area contributed by atoms with Gasteiger partial charge < -0.3 is 10.2 Å². The van der Waals surface area contributed by atoms with Crippen LogP contribution >= 0.6 is 11.3 Å². The van der Waals surface area contributed by atoms with Crippen LogP contribution in [0.15, 0.2) is 24.5 Å². The largest absolute Gasteiger partial charge is 0.349 e. The molecule has 0 saturated carbocycles. The Hall–Kier alpha value is -2.72. The topological polar surface area (TPSA) is 75.2 Å². The molecule has 0 bridgehead atoms. The van der Waals surface area contributed by atoms with Crippen molar-refractivity contribution < 1.29 is 9.59 Å². The minimum absolute atomic E-state index is 0.00217. The molecule has 0 radical (unpaired) electrons. The highest BCUT2D eigenvalue weighted by molar-refractivity contribution is 7.13. The predicted octanol–water partition coefficient (Wildman–Crippen LogP) is 3.28. The number of hydrogen-bond donors (Lipinski definition) is 1. The zero-order chi connectivity index (χ0) is 20.9. The Balaban J connectivity index is 2.51. The summed E-state index contributed by atoms with van der Waals surface area (Å²) >= 11 is 1.30. The van der Waals surface area contributed by atoms with Crippen LogP contribution in [-0.4, -0.2) is 38.8 Å². The molecule has 148 valence electrons. The van der Waals surface area contributed by atoms with Crippen LogP contribution in [0.2, 0.25) is 0 Å². The van der Waals surface area contributed by atoms with Gasteiger partial charge in [-0.2, -0.15) is 0 Å². The Labute approximate surface area is 170 Å². The molecule has 6 nitrogen and oxygen atoms in total. The summed E-state index contributed by atoms with van der Waals surface area (Å²) in [7, 11) is 0.